The Morgan fingerprint density at radius 3 is 2.39 bits per heavy atom. The monoisotopic (exact) mass is 460 g/mol. The van der Waals surface area contributed by atoms with Crippen molar-refractivity contribution in [2.75, 3.05) is 13.2 Å². The molecule has 2 unspecified atom stereocenters. The quantitative estimate of drug-likeness (QED) is 0.274. The number of ether oxygens (including phenoxy) is 2. The number of epoxide rings is 1. The van der Waals surface area contributed by atoms with Gasteiger partial charge in [-0.2, -0.15) is 13.2 Å². The van der Waals surface area contributed by atoms with Crippen molar-refractivity contribution in [3.8, 4) is 11.5 Å². The minimum Gasteiger partial charge on any atom is -0.491 e. The standard InChI is InChI=1S/C24H20F4N2O3/c25-18-8-11-21-22(12-18)33-30(29(24(26,27)28)13-16-4-2-1-3-5-16)23(21)17-6-9-19(10-7-17)31-14-20-15-32-20/h1-12,20,23H,13-15H2. The highest BCUT2D eigenvalue weighted by molar-refractivity contribution is 5.45. The van der Waals surface area contributed by atoms with E-state index in [-0.39, 0.29) is 16.9 Å². The molecule has 0 aliphatic carbocycles. The number of fused-ring (bicyclic) bond motifs is 1. The zero-order valence-corrected chi connectivity index (χ0v) is 17.3. The Balaban J connectivity index is 1.49. The Bertz CT molecular complexity index is 1100. The minimum absolute atomic E-state index is 0.0357. The number of hydrazine groups is 1. The maximum absolute atomic E-state index is 14.2. The highest BCUT2D eigenvalue weighted by Crippen LogP contribution is 2.45. The van der Waals surface area contributed by atoms with Crippen molar-refractivity contribution in [1.82, 2.24) is 10.2 Å². The summed E-state index contributed by atoms with van der Waals surface area (Å²) in [6, 6.07) is 17.8. The average Bonchev–Trinajstić information content (AvgIpc) is 3.56. The van der Waals surface area contributed by atoms with Gasteiger partial charge in [0.15, 0.2) is 5.75 Å². The van der Waals surface area contributed by atoms with Gasteiger partial charge in [-0.15, -0.1) is 5.01 Å². The van der Waals surface area contributed by atoms with Crippen molar-refractivity contribution in [3.05, 3.63) is 95.3 Å². The molecule has 9 heteroatoms. The molecule has 33 heavy (non-hydrogen) atoms. The van der Waals surface area contributed by atoms with Crippen LogP contribution >= 0.6 is 0 Å². The van der Waals surface area contributed by atoms with Gasteiger partial charge in [-0.1, -0.05) is 53.7 Å². The lowest BCUT2D eigenvalue weighted by Crippen LogP contribution is -2.51. The summed E-state index contributed by atoms with van der Waals surface area (Å²) < 4.78 is 67.2. The second kappa shape index (κ2) is 8.66. The van der Waals surface area contributed by atoms with Crippen LogP contribution in [0.15, 0.2) is 72.8 Å². The number of rotatable bonds is 7. The van der Waals surface area contributed by atoms with E-state index in [0.717, 1.165) is 11.2 Å². The Morgan fingerprint density at radius 1 is 1.00 bits per heavy atom. The van der Waals surface area contributed by atoms with Gasteiger partial charge in [-0.25, -0.2) is 4.39 Å². The lowest BCUT2D eigenvalue weighted by molar-refractivity contribution is -0.382. The molecule has 0 aromatic heterocycles. The zero-order valence-electron chi connectivity index (χ0n) is 17.3. The van der Waals surface area contributed by atoms with Gasteiger partial charge in [-0.3, -0.25) is 0 Å². The second-order valence-electron chi connectivity index (χ2n) is 7.82. The van der Waals surface area contributed by atoms with E-state index in [9.17, 15) is 17.6 Å². The highest BCUT2D eigenvalue weighted by Gasteiger charge is 2.49. The first-order valence-corrected chi connectivity index (χ1v) is 10.4. The molecular formula is C24H20F4N2O3. The summed E-state index contributed by atoms with van der Waals surface area (Å²) in [7, 11) is 0. The lowest BCUT2D eigenvalue weighted by Gasteiger charge is -2.35. The van der Waals surface area contributed by atoms with Crippen LogP contribution in [0.3, 0.4) is 0 Å². The zero-order chi connectivity index (χ0) is 23.0. The number of hydroxylamine groups is 1. The number of benzene rings is 3. The maximum Gasteiger partial charge on any atom is 0.476 e. The normalized spacial score (nSPS) is 19.9. The number of hydrogen-bond acceptors (Lipinski definition) is 5. The molecule has 5 nitrogen and oxygen atoms in total. The van der Waals surface area contributed by atoms with E-state index in [0.29, 0.717) is 35.7 Å². The van der Waals surface area contributed by atoms with E-state index in [1.807, 2.05) is 0 Å². The molecule has 0 saturated carbocycles. The van der Waals surface area contributed by atoms with Crippen LogP contribution in [0.1, 0.15) is 22.7 Å². The molecule has 0 bridgehead atoms. The number of alkyl halides is 3. The van der Waals surface area contributed by atoms with Crippen molar-refractivity contribution in [1.29, 1.82) is 0 Å². The highest BCUT2D eigenvalue weighted by atomic mass is 19.4. The molecule has 0 radical (unpaired) electrons. The summed E-state index contributed by atoms with van der Waals surface area (Å²) in [5.41, 5.74) is 1.42. The van der Waals surface area contributed by atoms with Gasteiger partial charge >= 0.3 is 6.30 Å². The van der Waals surface area contributed by atoms with Gasteiger partial charge in [-0.05, 0) is 29.3 Å². The van der Waals surface area contributed by atoms with Gasteiger partial charge in [0.1, 0.15) is 30.3 Å². The van der Waals surface area contributed by atoms with Crippen LogP contribution in [0.25, 0.3) is 0 Å². The molecule has 2 atom stereocenters. The molecule has 0 spiro atoms. The van der Waals surface area contributed by atoms with E-state index < -0.39 is 24.7 Å². The molecule has 3 aromatic carbocycles. The Hall–Kier alpha value is -3.14. The molecule has 3 aromatic rings. The fourth-order valence-electron chi connectivity index (χ4n) is 3.71. The summed E-state index contributed by atoms with van der Waals surface area (Å²) in [6.07, 6.45) is -4.66. The van der Waals surface area contributed by atoms with Crippen molar-refractivity contribution in [3.63, 3.8) is 0 Å². The van der Waals surface area contributed by atoms with Crippen LogP contribution in [0.2, 0.25) is 0 Å². The molecule has 172 valence electrons. The smallest absolute Gasteiger partial charge is 0.476 e. The van der Waals surface area contributed by atoms with Crippen LogP contribution in [0, 0.1) is 5.82 Å². The first-order chi connectivity index (χ1) is 15.9. The molecular weight excluding hydrogens is 440 g/mol. The Kier molecular flexibility index (Phi) is 5.69. The number of nitrogens with zero attached hydrogens (tertiary/aromatic N) is 2. The average molecular weight is 460 g/mol. The van der Waals surface area contributed by atoms with Gasteiger partial charge in [0.25, 0.3) is 0 Å². The molecule has 1 saturated heterocycles. The molecule has 5 rings (SSSR count). The summed E-state index contributed by atoms with van der Waals surface area (Å²) >= 11 is 0. The molecule has 2 aliphatic heterocycles. The third-order valence-corrected chi connectivity index (χ3v) is 5.42. The molecule has 2 aliphatic rings. The SMILES string of the molecule is Fc1ccc2c(c1)ON(N(Cc1ccccc1)C(F)(F)F)C2c1ccc(OCC2CO2)cc1. The summed E-state index contributed by atoms with van der Waals surface area (Å²) in [5, 5.41) is 0.963. The largest absolute Gasteiger partial charge is 0.491 e. The third-order valence-electron chi connectivity index (χ3n) is 5.42. The van der Waals surface area contributed by atoms with Gasteiger partial charge < -0.3 is 14.3 Å². The number of halogens is 4. The van der Waals surface area contributed by atoms with E-state index in [2.05, 4.69) is 0 Å². The van der Waals surface area contributed by atoms with Crippen LogP contribution in [0.5, 0.6) is 11.5 Å². The fraction of sp³-hybridized carbons (Fsp3) is 0.250. The summed E-state index contributed by atoms with van der Waals surface area (Å²) in [5.74, 6) is 0.0199. The van der Waals surface area contributed by atoms with E-state index in [1.54, 1.807) is 54.6 Å². The Morgan fingerprint density at radius 2 is 1.73 bits per heavy atom. The van der Waals surface area contributed by atoms with Crippen molar-refractivity contribution in [2.24, 2.45) is 0 Å². The molecule has 1 fully saturated rings. The van der Waals surface area contributed by atoms with E-state index in [4.69, 9.17) is 14.3 Å². The van der Waals surface area contributed by atoms with Crippen LogP contribution in [-0.4, -0.2) is 35.8 Å². The molecule has 2 heterocycles. The molecule has 0 amide bonds. The van der Waals surface area contributed by atoms with Gasteiger partial charge in [0, 0.05) is 11.6 Å². The van der Waals surface area contributed by atoms with E-state index in [1.165, 1.54) is 12.1 Å². The minimum atomic E-state index is -4.75. The topological polar surface area (TPSA) is 37.5 Å². The number of hydrogen-bond donors (Lipinski definition) is 0. The van der Waals surface area contributed by atoms with Crippen molar-refractivity contribution >= 4 is 0 Å². The first kappa shape index (κ1) is 21.7. The van der Waals surface area contributed by atoms with Crippen LogP contribution < -0.4 is 9.57 Å². The molecule has 0 N–H and O–H groups in total. The third kappa shape index (κ3) is 4.80. The van der Waals surface area contributed by atoms with Gasteiger partial charge in [0.05, 0.1) is 13.2 Å². The predicted octanol–water partition coefficient (Wildman–Crippen LogP) is 5.24. The van der Waals surface area contributed by atoms with E-state index >= 15 is 0 Å². The van der Waals surface area contributed by atoms with Gasteiger partial charge in [0.2, 0.25) is 0 Å². The van der Waals surface area contributed by atoms with Crippen molar-refractivity contribution < 1.29 is 31.9 Å². The predicted molar refractivity (Wildman–Crippen MR) is 110 cm³/mol. The van der Waals surface area contributed by atoms with Crippen LogP contribution in [-0.2, 0) is 11.3 Å². The summed E-state index contributed by atoms with van der Waals surface area (Å²) in [6.45, 7) is 0.605. The first-order valence-electron chi connectivity index (χ1n) is 10.4. The fourth-order valence-corrected chi connectivity index (χ4v) is 3.71. The second-order valence-corrected chi connectivity index (χ2v) is 7.82. The Labute approximate surface area is 187 Å². The summed E-state index contributed by atoms with van der Waals surface area (Å²) in [4.78, 5) is 5.58. The maximum atomic E-state index is 14.2. The lowest BCUT2D eigenvalue weighted by atomic mass is 9.99. The van der Waals surface area contributed by atoms with Crippen molar-refractivity contribution in [2.45, 2.75) is 25.0 Å². The van der Waals surface area contributed by atoms with Crippen LogP contribution in [0.4, 0.5) is 17.6 Å².